The molecule has 0 spiro atoms. The van der Waals surface area contributed by atoms with Crippen LogP contribution >= 0.6 is 0 Å². The molecule has 1 radical (unpaired) electrons. The van der Waals surface area contributed by atoms with Gasteiger partial charge in [0, 0.05) is 11.5 Å². The van der Waals surface area contributed by atoms with Crippen molar-refractivity contribution in [2.24, 2.45) is 5.92 Å². The molecule has 0 amide bonds. The lowest BCUT2D eigenvalue weighted by molar-refractivity contribution is 0.0930. The van der Waals surface area contributed by atoms with Crippen molar-refractivity contribution in [3.05, 3.63) is 42.3 Å². The Morgan fingerprint density at radius 1 is 1.43 bits per heavy atom. The number of benzene rings is 1. The first-order valence-corrected chi connectivity index (χ1v) is 4.34. The zero-order chi connectivity index (χ0) is 10.7. The maximum absolute atomic E-state index is 12.8. The van der Waals surface area contributed by atoms with E-state index in [9.17, 15) is 13.6 Å². The van der Waals surface area contributed by atoms with E-state index in [1.807, 2.05) is 0 Å². The summed E-state index contributed by atoms with van der Waals surface area (Å²) in [6.45, 7) is 5.29. The van der Waals surface area contributed by atoms with Crippen LogP contribution in [0.2, 0.25) is 0 Å². The van der Waals surface area contributed by atoms with Crippen LogP contribution in [-0.2, 0) is 0 Å². The minimum atomic E-state index is -0.993. The molecule has 0 aromatic heterocycles. The molecule has 0 fully saturated rings. The van der Waals surface area contributed by atoms with Gasteiger partial charge in [0.25, 0.3) is 0 Å². The molecule has 1 atom stereocenters. The van der Waals surface area contributed by atoms with Gasteiger partial charge >= 0.3 is 0 Å². The quantitative estimate of drug-likeness (QED) is 0.681. The summed E-state index contributed by atoms with van der Waals surface area (Å²) in [4.78, 5) is 11.5. The summed E-state index contributed by atoms with van der Waals surface area (Å²) in [6.07, 6.45) is 0.442. The number of rotatable bonds is 3. The lowest BCUT2D eigenvalue weighted by Gasteiger charge is -2.07. The van der Waals surface area contributed by atoms with E-state index < -0.39 is 11.6 Å². The van der Waals surface area contributed by atoms with Crippen LogP contribution in [0.15, 0.2) is 18.2 Å². The monoisotopic (exact) mass is 197 g/mol. The van der Waals surface area contributed by atoms with Gasteiger partial charge in [-0.2, -0.15) is 0 Å². The fourth-order valence-corrected chi connectivity index (χ4v) is 1.07. The van der Waals surface area contributed by atoms with Crippen molar-refractivity contribution < 1.29 is 13.6 Å². The third-order valence-electron chi connectivity index (χ3n) is 2.08. The molecule has 75 valence electrons. The number of hydrogen-bond donors (Lipinski definition) is 0. The van der Waals surface area contributed by atoms with E-state index in [2.05, 4.69) is 6.92 Å². The Bertz CT molecular complexity index is 347. The lowest BCUT2D eigenvalue weighted by atomic mass is 9.97. The first kappa shape index (κ1) is 10.8. The van der Waals surface area contributed by atoms with Gasteiger partial charge in [0.2, 0.25) is 0 Å². The van der Waals surface area contributed by atoms with Gasteiger partial charge < -0.3 is 0 Å². The van der Waals surface area contributed by atoms with E-state index in [0.717, 1.165) is 12.1 Å². The van der Waals surface area contributed by atoms with Crippen LogP contribution in [0.4, 0.5) is 8.78 Å². The molecule has 0 heterocycles. The number of carbonyl (C=O) groups excluding carboxylic acids is 1. The molecule has 0 N–H and O–H groups in total. The highest BCUT2D eigenvalue weighted by molar-refractivity contribution is 5.97. The van der Waals surface area contributed by atoms with Crippen LogP contribution in [0.1, 0.15) is 23.7 Å². The molecule has 0 bridgehead atoms. The highest BCUT2D eigenvalue weighted by atomic mass is 19.2. The summed E-state index contributed by atoms with van der Waals surface area (Å²) >= 11 is 0. The molecular weight excluding hydrogens is 186 g/mol. The molecule has 0 aliphatic heterocycles. The SMILES string of the molecule is [CH2]CC(C)C(=O)c1ccc(F)c(F)c1. The van der Waals surface area contributed by atoms with Crippen molar-refractivity contribution in [1.29, 1.82) is 0 Å². The Morgan fingerprint density at radius 3 is 2.57 bits per heavy atom. The normalized spacial score (nSPS) is 12.6. The van der Waals surface area contributed by atoms with Crippen LogP contribution in [0, 0.1) is 24.5 Å². The standard InChI is InChI=1S/C11H11F2O/c1-3-7(2)11(14)8-4-5-9(12)10(13)6-8/h4-7H,1,3H2,2H3. The third-order valence-corrected chi connectivity index (χ3v) is 2.08. The van der Waals surface area contributed by atoms with Gasteiger partial charge in [-0.1, -0.05) is 13.8 Å². The predicted molar refractivity (Wildman–Crippen MR) is 49.8 cm³/mol. The summed E-state index contributed by atoms with van der Waals surface area (Å²) in [5, 5.41) is 0. The zero-order valence-electron chi connectivity index (χ0n) is 7.89. The molecular formula is C11H11F2O. The van der Waals surface area contributed by atoms with Crippen LogP contribution < -0.4 is 0 Å². The highest BCUT2D eigenvalue weighted by Gasteiger charge is 2.14. The van der Waals surface area contributed by atoms with Crippen molar-refractivity contribution in [1.82, 2.24) is 0 Å². The molecule has 1 unspecified atom stereocenters. The van der Waals surface area contributed by atoms with Crippen LogP contribution in [0.25, 0.3) is 0 Å². The smallest absolute Gasteiger partial charge is 0.165 e. The van der Waals surface area contributed by atoms with Crippen molar-refractivity contribution >= 4 is 5.78 Å². The lowest BCUT2D eigenvalue weighted by Crippen LogP contribution is -2.10. The maximum Gasteiger partial charge on any atom is 0.165 e. The number of carbonyl (C=O) groups is 1. The minimum absolute atomic E-state index is 0.194. The molecule has 0 aliphatic carbocycles. The Morgan fingerprint density at radius 2 is 2.07 bits per heavy atom. The molecule has 0 aliphatic rings. The van der Waals surface area contributed by atoms with E-state index in [0.29, 0.717) is 6.42 Å². The molecule has 1 rings (SSSR count). The average molecular weight is 197 g/mol. The summed E-state index contributed by atoms with van der Waals surface area (Å²) in [5.74, 6) is -2.41. The molecule has 1 aromatic carbocycles. The van der Waals surface area contributed by atoms with E-state index >= 15 is 0 Å². The number of hydrogen-bond acceptors (Lipinski definition) is 1. The molecule has 0 saturated carbocycles. The Hall–Kier alpha value is -1.25. The van der Waals surface area contributed by atoms with Gasteiger partial charge in [-0.25, -0.2) is 8.78 Å². The number of halogens is 2. The second-order valence-corrected chi connectivity index (χ2v) is 3.18. The fourth-order valence-electron chi connectivity index (χ4n) is 1.07. The predicted octanol–water partition coefficient (Wildman–Crippen LogP) is 3.01. The first-order chi connectivity index (χ1) is 6.56. The van der Waals surface area contributed by atoms with E-state index in [1.54, 1.807) is 6.92 Å². The van der Waals surface area contributed by atoms with Gasteiger partial charge in [-0.3, -0.25) is 4.79 Å². The van der Waals surface area contributed by atoms with Crippen molar-refractivity contribution in [3.63, 3.8) is 0 Å². The van der Waals surface area contributed by atoms with Gasteiger partial charge in [0.05, 0.1) is 0 Å². The number of ketones is 1. The zero-order valence-corrected chi connectivity index (χ0v) is 7.89. The summed E-state index contributed by atoms with van der Waals surface area (Å²) in [7, 11) is 0. The highest BCUT2D eigenvalue weighted by Crippen LogP contribution is 2.14. The summed E-state index contributed by atoms with van der Waals surface area (Å²) < 4.78 is 25.3. The Labute approximate surface area is 81.7 Å². The summed E-state index contributed by atoms with van der Waals surface area (Å²) in [6, 6.07) is 3.16. The topological polar surface area (TPSA) is 17.1 Å². The van der Waals surface area contributed by atoms with Gasteiger partial charge in [-0.05, 0) is 24.6 Å². The van der Waals surface area contributed by atoms with Crippen molar-refractivity contribution in [2.45, 2.75) is 13.3 Å². The van der Waals surface area contributed by atoms with Crippen LogP contribution in [0.3, 0.4) is 0 Å². The largest absolute Gasteiger partial charge is 0.294 e. The van der Waals surface area contributed by atoms with Crippen molar-refractivity contribution in [2.75, 3.05) is 0 Å². The van der Waals surface area contributed by atoms with Gasteiger partial charge in [-0.15, -0.1) is 0 Å². The average Bonchev–Trinajstić information content (AvgIpc) is 2.20. The van der Waals surface area contributed by atoms with E-state index in [1.165, 1.54) is 6.07 Å². The van der Waals surface area contributed by atoms with E-state index in [4.69, 9.17) is 0 Å². The van der Waals surface area contributed by atoms with Crippen LogP contribution in [0.5, 0.6) is 0 Å². The minimum Gasteiger partial charge on any atom is -0.294 e. The first-order valence-electron chi connectivity index (χ1n) is 4.34. The fraction of sp³-hybridized carbons (Fsp3) is 0.273. The maximum atomic E-state index is 12.8. The second-order valence-electron chi connectivity index (χ2n) is 3.18. The molecule has 1 nitrogen and oxygen atoms in total. The molecule has 3 heteroatoms. The molecule has 0 saturated heterocycles. The van der Waals surface area contributed by atoms with E-state index in [-0.39, 0.29) is 17.3 Å². The third kappa shape index (κ3) is 2.16. The van der Waals surface area contributed by atoms with Gasteiger partial charge in [0.15, 0.2) is 17.4 Å². The Kier molecular flexibility index (Phi) is 3.33. The number of Topliss-reactive ketones (excluding diaryl/α,β-unsaturated/α-hetero) is 1. The van der Waals surface area contributed by atoms with Crippen LogP contribution in [-0.4, -0.2) is 5.78 Å². The van der Waals surface area contributed by atoms with Gasteiger partial charge in [0.1, 0.15) is 0 Å². The summed E-state index contributed by atoms with van der Waals surface area (Å²) in [5.41, 5.74) is 0.194. The van der Waals surface area contributed by atoms with Crippen molar-refractivity contribution in [3.8, 4) is 0 Å². The Balaban J connectivity index is 2.97. The molecule has 14 heavy (non-hydrogen) atoms. The molecule has 1 aromatic rings. The second kappa shape index (κ2) is 4.31.